The second-order valence-electron chi connectivity index (χ2n) is 8.52. The van der Waals surface area contributed by atoms with E-state index in [0.717, 1.165) is 41.4 Å². The highest BCUT2D eigenvalue weighted by atomic mass is 32.2. The van der Waals surface area contributed by atoms with Crippen molar-refractivity contribution in [1.29, 1.82) is 0 Å². The van der Waals surface area contributed by atoms with Crippen molar-refractivity contribution in [3.05, 3.63) is 0 Å². The lowest BCUT2D eigenvalue weighted by atomic mass is 9.31. The van der Waals surface area contributed by atoms with Crippen molar-refractivity contribution < 1.29 is 12.6 Å². The quantitative estimate of drug-likeness (QED) is 0.752. The summed E-state index contributed by atoms with van der Waals surface area (Å²) in [5, 5.41) is 0. The van der Waals surface area contributed by atoms with Crippen molar-refractivity contribution in [2.24, 2.45) is 46.8 Å². The van der Waals surface area contributed by atoms with Gasteiger partial charge in [-0.1, -0.05) is 0 Å². The molecule has 20 heavy (non-hydrogen) atoms. The van der Waals surface area contributed by atoms with E-state index in [0.29, 0.717) is 6.61 Å². The first kappa shape index (κ1) is 12.5. The van der Waals surface area contributed by atoms with Gasteiger partial charge in [-0.05, 0) is 80.0 Å². The Labute approximate surface area is 121 Å². The van der Waals surface area contributed by atoms with E-state index >= 15 is 0 Å². The lowest BCUT2D eigenvalue weighted by Gasteiger charge is -2.74. The van der Waals surface area contributed by atoms with E-state index in [1.54, 1.807) is 0 Å². The van der Waals surface area contributed by atoms with Crippen molar-refractivity contribution >= 4 is 10.1 Å². The molecule has 4 atom stereocenters. The lowest BCUT2D eigenvalue weighted by molar-refractivity contribution is -0.263. The molecule has 0 N–H and O–H groups in total. The molecule has 7 aliphatic carbocycles. The van der Waals surface area contributed by atoms with Crippen LogP contribution in [-0.4, -0.2) is 21.3 Å². The summed E-state index contributed by atoms with van der Waals surface area (Å²) in [6, 6.07) is 0. The molecule has 0 heterocycles. The molecule has 4 heteroatoms. The molecule has 8 bridgehead atoms. The summed E-state index contributed by atoms with van der Waals surface area (Å²) in [5.41, 5.74) is 0.229. The zero-order chi connectivity index (χ0) is 13.7. The Balaban J connectivity index is 1.55. The SMILES string of the molecule is CS(=O)(=O)OCC12CC3CC4C5CC(CC41)CC2C5C3. The summed E-state index contributed by atoms with van der Waals surface area (Å²) in [4.78, 5) is 0. The average Bonchev–Trinajstić information content (AvgIpc) is 2.41. The predicted octanol–water partition coefficient (Wildman–Crippen LogP) is 2.67. The van der Waals surface area contributed by atoms with Gasteiger partial charge in [-0.15, -0.1) is 0 Å². The molecule has 3 nitrogen and oxygen atoms in total. The molecule has 112 valence electrons. The van der Waals surface area contributed by atoms with E-state index < -0.39 is 10.1 Å². The predicted molar refractivity (Wildman–Crippen MR) is 75.4 cm³/mol. The maximum atomic E-state index is 11.5. The van der Waals surface area contributed by atoms with Crippen molar-refractivity contribution in [3.8, 4) is 0 Å². The molecule has 0 aliphatic heterocycles. The zero-order valence-corrected chi connectivity index (χ0v) is 12.9. The minimum atomic E-state index is -3.30. The Kier molecular flexibility index (Phi) is 2.26. The Hall–Kier alpha value is -0.0900. The molecule has 7 rings (SSSR count). The first-order valence-corrected chi connectivity index (χ1v) is 10.1. The lowest BCUT2D eigenvalue weighted by Crippen LogP contribution is -2.69. The first-order valence-electron chi connectivity index (χ1n) is 8.31. The van der Waals surface area contributed by atoms with Gasteiger partial charge in [0.25, 0.3) is 10.1 Å². The van der Waals surface area contributed by atoms with Gasteiger partial charge in [0.05, 0.1) is 12.9 Å². The van der Waals surface area contributed by atoms with E-state index in [-0.39, 0.29) is 5.41 Å². The number of rotatable bonds is 3. The van der Waals surface area contributed by atoms with Gasteiger partial charge in [0.2, 0.25) is 0 Å². The van der Waals surface area contributed by atoms with Crippen LogP contribution >= 0.6 is 0 Å². The molecule has 0 aromatic rings. The summed E-state index contributed by atoms with van der Waals surface area (Å²) in [5.74, 6) is 6.17. The largest absolute Gasteiger partial charge is 0.270 e. The van der Waals surface area contributed by atoms with Gasteiger partial charge in [0, 0.05) is 5.41 Å². The van der Waals surface area contributed by atoms with Crippen LogP contribution in [-0.2, 0) is 14.3 Å². The van der Waals surface area contributed by atoms with Crippen LogP contribution in [0.25, 0.3) is 0 Å². The van der Waals surface area contributed by atoms with Gasteiger partial charge in [0.15, 0.2) is 0 Å². The first-order chi connectivity index (χ1) is 9.46. The smallest absolute Gasteiger partial charge is 0.264 e. The van der Waals surface area contributed by atoms with Crippen molar-refractivity contribution in [3.63, 3.8) is 0 Å². The third kappa shape index (κ3) is 1.43. The third-order valence-electron chi connectivity index (χ3n) is 7.81. The van der Waals surface area contributed by atoms with Crippen molar-refractivity contribution in [1.82, 2.24) is 0 Å². The van der Waals surface area contributed by atoms with Crippen molar-refractivity contribution in [2.45, 2.75) is 38.5 Å². The van der Waals surface area contributed by atoms with Gasteiger partial charge >= 0.3 is 0 Å². The molecule has 0 aromatic carbocycles. The zero-order valence-electron chi connectivity index (χ0n) is 12.1. The van der Waals surface area contributed by atoms with Crippen LogP contribution in [0, 0.1) is 46.8 Å². The summed E-state index contributed by atoms with van der Waals surface area (Å²) >= 11 is 0. The molecule has 4 unspecified atom stereocenters. The van der Waals surface area contributed by atoms with Crippen LogP contribution in [0.4, 0.5) is 0 Å². The summed E-state index contributed by atoms with van der Waals surface area (Å²) in [6.07, 6.45) is 9.55. The molecular weight excluding hydrogens is 272 g/mol. The molecule has 0 saturated heterocycles. The van der Waals surface area contributed by atoms with Crippen molar-refractivity contribution in [2.75, 3.05) is 12.9 Å². The third-order valence-corrected chi connectivity index (χ3v) is 8.36. The van der Waals surface area contributed by atoms with Gasteiger partial charge in [-0.25, -0.2) is 0 Å². The summed E-state index contributed by atoms with van der Waals surface area (Å²) in [7, 11) is -3.30. The van der Waals surface area contributed by atoms with Gasteiger partial charge in [0.1, 0.15) is 0 Å². The highest BCUT2D eigenvalue weighted by Gasteiger charge is 2.69. The second kappa shape index (κ2) is 3.62. The van der Waals surface area contributed by atoms with Crippen LogP contribution in [0.2, 0.25) is 0 Å². The normalized spacial score (nSPS) is 58.5. The maximum Gasteiger partial charge on any atom is 0.264 e. The topological polar surface area (TPSA) is 43.4 Å². The van der Waals surface area contributed by atoms with E-state index in [4.69, 9.17) is 4.18 Å². The monoisotopic (exact) mass is 296 g/mol. The van der Waals surface area contributed by atoms with E-state index in [2.05, 4.69) is 0 Å². The Morgan fingerprint density at radius 3 is 2.15 bits per heavy atom. The van der Waals surface area contributed by atoms with Crippen LogP contribution in [0.3, 0.4) is 0 Å². The summed E-state index contributed by atoms with van der Waals surface area (Å²) < 4.78 is 28.4. The standard InChI is InChI=1S/C16H24O3S/c1-20(17,18)19-8-16-7-10-3-12-11-2-9(5-14(12)16)6-15(16)13(11)4-10/h9-15H,2-8H2,1H3. The Bertz CT molecular complexity index is 530. The number of hydrogen-bond acceptors (Lipinski definition) is 3. The molecule has 7 fully saturated rings. The van der Waals surface area contributed by atoms with E-state index in [9.17, 15) is 8.42 Å². The van der Waals surface area contributed by atoms with Gasteiger partial charge < -0.3 is 0 Å². The van der Waals surface area contributed by atoms with Crippen LogP contribution in [0.1, 0.15) is 38.5 Å². The Morgan fingerprint density at radius 2 is 1.55 bits per heavy atom. The van der Waals surface area contributed by atoms with E-state index in [1.165, 1.54) is 44.8 Å². The fraction of sp³-hybridized carbons (Fsp3) is 1.00. The molecule has 7 aliphatic rings. The summed E-state index contributed by atoms with van der Waals surface area (Å²) in [6.45, 7) is 0.490. The van der Waals surface area contributed by atoms with E-state index in [1.807, 2.05) is 0 Å². The fourth-order valence-corrected chi connectivity index (χ4v) is 8.08. The minimum Gasteiger partial charge on any atom is -0.270 e. The highest BCUT2D eigenvalue weighted by molar-refractivity contribution is 7.85. The highest BCUT2D eigenvalue weighted by Crippen LogP contribution is 2.75. The minimum absolute atomic E-state index is 0.229. The van der Waals surface area contributed by atoms with Gasteiger partial charge in [-0.3, -0.25) is 4.18 Å². The fourth-order valence-electron chi connectivity index (χ4n) is 7.64. The molecule has 0 spiro atoms. The molecular formula is C16H24O3S. The molecule has 7 saturated carbocycles. The molecule has 0 aromatic heterocycles. The molecule has 0 amide bonds. The molecule has 0 radical (unpaired) electrons. The van der Waals surface area contributed by atoms with Crippen LogP contribution in [0.5, 0.6) is 0 Å². The van der Waals surface area contributed by atoms with Crippen LogP contribution < -0.4 is 0 Å². The van der Waals surface area contributed by atoms with Crippen LogP contribution in [0.15, 0.2) is 0 Å². The van der Waals surface area contributed by atoms with Gasteiger partial charge in [-0.2, -0.15) is 8.42 Å². The maximum absolute atomic E-state index is 11.5. The number of hydrogen-bond donors (Lipinski definition) is 0. The average molecular weight is 296 g/mol. The Morgan fingerprint density at radius 1 is 0.950 bits per heavy atom. The second-order valence-corrected chi connectivity index (χ2v) is 10.2.